The summed E-state index contributed by atoms with van der Waals surface area (Å²) in [5.74, 6) is 0.222. The zero-order chi connectivity index (χ0) is 13.4. The predicted octanol–water partition coefficient (Wildman–Crippen LogP) is 0.0660. The van der Waals surface area contributed by atoms with Crippen LogP contribution in [0.25, 0.3) is 0 Å². The van der Waals surface area contributed by atoms with E-state index in [1.807, 2.05) is 0 Å². The van der Waals surface area contributed by atoms with Crippen molar-refractivity contribution in [3.8, 4) is 0 Å². The fraction of sp³-hybridized carbons (Fsp3) is 1.00. The highest BCUT2D eigenvalue weighted by Crippen LogP contribution is 2.51. The second kappa shape index (κ2) is 8.63. The first-order valence-corrected chi connectivity index (χ1v) is 9.15. The van der Waals surface area contributed by atoms with Crippen molar-refractivity contribution >= 4 is 26.0 Å². The van der Waals surface area contributed by atoms with Crippen LogP contribution >= 0.6 is 26.0 Å². The van der Waals surface area contributed by atoms with Gasteiger partial charge >= 0.3 is 0 Å². The average molecular weight is 308 g/mol. The Kier molecular flexibility index (Phi) is 8.92. The Labute approximate surface area is 103 Å². The van der Waals surface area contributed by atoms with Crippen LogP contribution in [0.3, 0.4) is 0 Å². The highest BCUT2D eigenvalue weighted by molar-refractivity contribution is 8.54. The van der Waals surface area contributed by atoms with Gasteiger partial charge in [-0.15, -0.1) is 0 Å². The zero-order valence-corrected chi connectivity index (χ0v) is 11.7. The first-order valence-electron chi connectivity index (χ1n) is 4.55. The Morgan fingerprint density at radius 2 is 1.88 bits per heavy atom. The zero-order valence-electron chi connectivity index (χ0n) is 9.14. The van der Waals surface area contributed by atoms with E-state index in [0.717, 1.165) is 7.11 Å². The smallest absolute Gasteiger partial charge is 0.267 e. The van der Waals surface area contributed by atoms with Crippen molar-refractivity contribution in [1.29, 1.82) is 0 Å². The van der Waals surface area contributed by atoms with Crippen LogP contribution in [-0.4, -0.2) is 31.4 Å². The van der Waals surface area contributed by atoms with Crippen LogP contribution in [0.1, 0.15) is 12.8 Å². The number of aliphatic hydroxyl groups is 1. The molecule has 0 fully saturated rings. The van der Waals surface area contributed by atoms with Crippen molar-refractivity contribution in [3.63, 3.8) is 0 Å². The summed E-state index contributed by atoms with van der Waals surface area (Å²) in [5, 5.41) is 8.25. The van der Waals surface area contributed by atoms with Crippen molar-refractivity contribution < 1.29 is 37.6 Å². The van der Waals surface area contributed by atoms with E-state index >= 15 is 0 Å². The van der Waals surface area contributed by atoms with E-state index in [1.165, 1.54) is 0 Å². The number of hydrogen-bond acceptors (Lipinski definition) is 9. The maximum atomic E-state index is 10.9. The Hall–Kier alpha value is 0.570. The van der Waals surface area contributed by atoms with Gasteiger partial charge in [-0.05, 0) is 12.8 Å². The Morgan fingerprint density at radius 3 is 2.41 bits per heavy atom. The number of phosphoric acid groups is 1. The van der Waals surface area contributed by atoms with Gasteiger partial charge in [-0.3, -0.25) is 9.13 Å². The molecule has 0 saturated carbocycles. The predicted molar refractivity (Wildman–Crippen MR) is 58.0 cm³/mol. The summed E-state index contributed by atoms with van der Waals surface area (Å²) in [7, 11) is -3.21. The molecule has 0 rings (SSSR count). The first kappa shape index (κ1) is 17.6. The topological polar surface area (TPSA) is 128 Å². The van der Waals surface area contributed by atoms with E-state index in [4.69, 9.17) is 5.11 Å². The van der Waals surface area contributed by atoms with E-state index in [0.29, 0.717) is 24.2 Å². The molecule has 0 aliphatic rings. The van der Waals surface area contributed by atoms with E-state index < -0.39 is 21.4 Å². The van der Waals surface area contributed by atoms with E-state index in [2.05, 4.69) is 13.6 Å². The molecule has 2 atom stereocenters. The third-order valence-electron chi connectivity index (χ3n) is 1.48. The van der Waals surface area contributed by atoms with Gasteiger partial charge < -0.3 is 28.5 Å². The van der Waals surface area contributed by atoms with Crippen LogP contribution in [0.5, 0.6) is 0 Å². The average Bonchev–Trinajstić information content (AvgIpc) is 2.23. The van der Waals surface area contributed by atoms with E-state index in [1.54, 1.807) is 0 Å². The molecule has 104 valence electrons. The standard InChI is InChI=1S/C6H16O8P2S/c1-12-15(8,9)13-4-2-3-5-17-16(10,11)14-6-7/h7H,2-6H2,1H3,(H,8,9)(H,10,11)/p-2. The van der Waals surface area contributed by atoms with Crippen molar-refractivity contribution in [2.75, 3.05) is 26.3 Å². The molecule has 0 spiro atoms. The van der Waals surface area contributed by atoms with Gasteiger partial charge in [0.15, 0.2) is 6.80 Å². The number of rotatable bonds is 10. The van der Waals surface area contributed by atoms with Gasteiger partial charge in [0.05, 0.1) is 6.61 Å². The summed E-state index contributed by atoms with van der Waals surface area (Å²) in [5.41, 5.74) is 0. The molecule has 0 amide bonds. The van der Waals surface area contributed by atoms with Gasteiger partial charge in [0.2, 0.25) is 0 Å². The minimum Gasteiger partial charge on any atom is -0.770 e. The summed E-state index contributed by atoms with van der Waals surface area (Å²) in [6, 6.07) is 0. The van der Waals surface area contributed by atoms with Crippen LogP contribution in [0, 0.1) is 0 Å². The van der Waals surface area contributed by atoms with Gasteiger partial charge in [0.1, 0.15) is 6.79 Å². The third kappa shape index (κ3) is 10.2. The summed E-state index contributed by atoms with van der Waals surface area (Å²) in [6.45, 7) is -5.00. The van der Waals surface area contributed by atoms with E-state index in [-0.39, 0.29) is 12.4 Å². The molecule has 8 nitrogen and oxygen atoms in total. The van der Waals surface area contributed by atoms with Crippen molar-refractivity contribution in [2.24, 2.45) is 0 Å². The van der Waals surface area contributed by atoms with Crippen molar-refractivity contribution in [1.82, 2.24) is 0 Å². The highest BCUT2D eigenvalue weighted by Gasteiger charge is 2.08. The lowest BCUT2D eigenvalue weighted by Crippen LogP contribution is -2.07. The second-order valence-electron chi connectivity index (χ2n) is 2.71. The van der Waals surface area contributed by atoms with Crippen molar-refractivity contribution in [3.05, 3.63) is 0 Å². The summed E-state index contributed by atoms with van der Waals surface area (Å²) in [6.07, 6.45) is 0.789. The third-order valence-corrected chi connectivity index (χ3v) is 5.45. The normalized spacial score (nSPS) is 18.6. The summed E-state index contributed by atoms with van der Waals surface area (Å²) in [4.78, 5) is 21.6. The molecule has 11 heteroatoms. The molecule has 0 aromatic heterocycles. The van der Waals surface area contributed by atoms with Crippen LogP contribution in [0.2, 0.25) is 0 Å². The molecule has 1 N–H and O–H groups in total. The molecule has 0 bridgehead atoms. The molecular weight excluding hydrogens is 294 g/mol. The second-order valence-corrected chi connectivity index (χ2v) is 8.16. The van der Waals surface area contributed by atoms with Gasteiger partial charge in [-0.2, -0.15) is 0 Å². The van der Waals surface area contributed by atoms with E-state index in [9.17, 15) is 18.9 Å². The lowest BCUT2D eigenvalue weighted by atomic mass is 10.4. The van der Waals surface area contributed by atoms with Crippen LogP contribution in [0.15, 0.2) is 0 Å². The molecule has 0 saturated heterocycles. The number of hydrogen-bond donors (Lipinski definition) is 1. The number of phosphoric ester groups is 1. The fourth-order valence-corrected chi connectivity index (χ4v) is 3.37. The largest absolute Gasteiger partial charge is 0.770 e. The summed E-state index contributed by atoms with van der Waals surface area (Å²) >= 11 is 0.551. The molecule has 0 aromatic carbocycles. The Bertz CT molecular complexity index is 298. The number of unbranched alkanes of at least 4 members (excludes halogenated alkanes) is 1. The Morgan fingerprint density at radius 1 is 1.24 bits per heavy atom. The fourth-order valence-electron chi connectivity index (χ4n) is 0.718. The molecule has 0 radical (unpaired) electrons. The van der Waals surface area contributed by atoms with Gasteiger partial charge in [-0.25, -0.2) is 0 Å². The molecule has 0 aliphatic heterocycles. The van der Waals surface area contributed by atoms with Gasteiger partial charge in [-0.1, -0.05) is 11.4 Å². The van der Waals surface area contributed by atoms with Gasteiger partial charge in [0, 0.05) is 12.9 Å². The molecule has 2 unspecified atom stereocenters. The van der Waals surface area contributed by atoms with Crippen LogP contribution < -0.4 is 9.79 Å². The van der Waals surface area contributed by atoms with Crippen molar-refractivity contribution in [2.45, 2.75) is 12.8 Å². The highest BCUT2D eigenvalue weighted by atomic mass is 32.7. The molecule has 0 aliphatic carbocycles. The molecule has 17 heavy (non-hydrogen) atoms. The van der Waals surface area contributed by atoms with Crippen LogP contribution in [0.4, 0.5) is 0 Å². The van der Waals surface area contributed by atoms with Crippen LogP contribution in [-0.2, 0) is 22.7 Å². The number of aliphatic hydroxyl groups excluding tert-OH is 1. The maximum absolute atomic E-state index is 10.9. The maximum Gasteiger partial charge on any atom is 0.267 e. The first-order chi connectivity index (χ1) is 7.83. The lowest BCUT2D eigenvalue weighted by Gasteiger charge is -2.21. The minimum atomic E-state index is -4.20. The quantitative estimate of drug-likeness (QED) is 0.338. The molecular formula is C6H14O8P2S-2. The lowest BCUT2D eigenvalue weighted by molar-refractivity contribution is -0.223. The van der Waals surface area contributed by atoms with Gasteiger partial charge in [0.25, 0.3) is 7.82 Å². The Balaban J connectivity index is 3.54. The monoisotopic (exact) mass is 308 g/mol. The molecule has 0 aromatic rings. The minimum absolute atomic E-state index is 0.0702. The summed E-state index contributed by atoms with van der Waals surface area (Å²) < 4.78 is 34.2. The molecule has 0 heterocycles. The SMILES string of the molecule is COP(=O)([O-])OCCCCSP(=O)([O-])OCO.